The van der Waals surface area contributed by atoms with Crippen LogP contribution in [0.5, 0.6) is 5.75 Å². The lowest BCUT2D eigenvalue weighted by Gasteiger charge is -2.24. The van der Waals surface area contributed by atoms with Crippen molar-refractivity contribution in [2.75, 3.05) is 18.9 Å². The summed E-state index contributed by atoms with van der Waals surface area (Å²) in [5, 5.41) is 0.637. The van der Waals surface area contributed by atoms with Crippen molar-refractivity contribution in [3.8, 4) is 5.75 Å². The lowest BCUT2D eigenvalue weighted by atomic mass is 10.2. The first-order chi connectivity index (χ1) is 11.9. The summed E-state index contributed by atoms with van der Waals surface area (Å²) in [6.07, 6.45) is 0. The van der Waals surface area contributed by atoms with Crippen molar-refractivity contribution in [2.45, 2.75) is 17.2 Å². The lowest BCUT2D eigenvalue weighted by Crippen LogP contribution is -2.30. The van der Waals surface area contributed by atoms with Crippen LogP contribution in [-0.2, 0) is 10.0 Å². The fourth-order valence-corrected chi connectivity index (χ4v) is 6.50. The molecule has 25 heavy (non-hydrogen) atoms. The van der Waals surface area contributed by atoms with Gasteiger partial charge < -0.3 is 4.74 Å². The minimum atomic E-state index is -3.63. The zero-order valence-electron chi connectivity index (χ0n) is 13.5. The fraction of sp³-hybridized carbons (Fsp3) is 0.294. The summed E-state index contributed by atoms with van der Waals surface area (Å²) in [6.45, 7) is 2.85. The Morgan fingerprint density at radius 3 is 2.56 bits per heavy atom. The molecule has 0 N–H and O–H groups in total. The number of rotatable bonds is 5. The van der Waals surface area contributed by atoms with Gasteiger partial charge in [-0.1, -0.05) is 29.3 Å². The smallest absolute Gasteiger partial charge is 0.244 e. The van der Waals surface area contributed by atoms with Gasteiger partial charge in [0.25, 0.3) is 0 Å². The molecule has 0 saturated carbocycles. The number of hydrogen-bond donors (Lipinski definition) is 0. The summed E-state index contributed by atoms with van der Waals surface area (Å²) in [5.74, 6) is 1.36. The Kier molecular flexibility index (Phi) is 5.85. The van der Waals surface area contributed by atoms with Gasteiger partial charge in [0, 0.05) is 22.3 Å². The summed E-state index contributed by atoms with van der Waals surface area (Å²) in [5.41, 5.74) is 0.753. The Labute approximate surface area is 162 Å². The maximum Gasteiger partial charge on any atom is 0.244 e. The molecule has 3 rings (SSSR count). The molecule has 1 heterocycles. The quantitative estimate of drug-likeness (QED) is 0.698. The van der Waals surface area contributed by atoms with Crippen molar-refractivity contribution < 1.29 is 13.2 Å². The number of thioether (sulfide) groups is 1. The SMILES string of the molecule is CCOc1ccc(S(=O)(=O)N2CCSC2c2ccc(Cl)cc2Cl)cc1. The maximum absolute atomic E-state index is 13.1. The van der Waals surface area contributed by atoms with Crippen molar-refractivity contribution >= 4 is 45.0 Å². The van der Waals surface area contributed by atoms with Crippen LogP contribution in [0, 0.1) is 0 Å². The van der Waals surface area contributed by atoms with Crippen molar-refractivity contribution in [3.05, 3.63) is 58.1 Å². The molecule has 1 unspecified atom stereocenters. The molecule has 0 bridgehead atoms. The zero-order valence-corrected chi connectivity index (χ0v) is 16.6. The summed E-state index contributed by atoms with van der Waals surface area (Å²) in [6, 6.07) is 11.6. The second kappa shape index (κ2) is 7.76. The molecule has 1 aliphatic rings. The molecule has 1 aliphatic heterocycles. The van der Waals surface area contributed by atoms with Gasteiger partial charge in [-0.3, -0.25) is 0 Å². The first kappa shape index (κ1) is 18.9. The van der Waals surface area contributed by atoms with Crippen LogP contribution in [0.3, 0.4) is 0 Å². The van der Waals surface area contributed by atoms with Crippen LogP contribution in [0.25, 0.3) is 0 Å². The lowest BCUT2D eigenvalue weighted by molar-refractivity contribution is 0.340. The van der Waals surface area contributed by atoms with Crippen molar-refractivity contribution in [1.82, 2.24) is 4.31 Å². The summed E-state index contributed by atoms with van der Waals surface area (Å²) in [7, 11) is -3.63. The molecule has 134 valence electrons. The van der Waals surface area contributed by atoms with E-state index in [-0.39, 0.29) is 10.3 Å². The molecule has 0 aromatic heterocycles. The number of benzene rings is 2. The molecule has 4 nitrogen and oxygen atoms in total. The highest BCUT2D eigenvalue weighted by molar-refractivity contribution is 8.01. The molecule has 0 amide bonds. The van der Waals surface area contributed by atoms with Gasteiger partial charge in [0.05, 0.1) is 16.9 Å². The molecule has 2 aromatic carbocycles. The van der Waals surface area contributed by atoms with Crippen LogP contribution in [0.1, 0.15) is 17.9 Å². The molecule has 1 atom stereocenters. The molecule has 0 spiro atoms. The number of halogens is 2. The third-order valence-electron chi connectivity index (χ3n) is 3.82. The Hall–Kier alpha value is -0.920. The number of sulfonamides is 1. The molecule has 8 heteroatoms. The van der Waals surface area contributed by atoms with E-state index in [1.807, 2.05) is 6.92 Å². The van der Waals surface area contributed by atoms with E-state index in [1.54, 1.807) is 54.2 Å². The van der Waals surface area contributed by atoms with E-state index in [0.29, 0.717) is 34.7 Å². The average molecular weight is 418 g/mol. The van der Waals surface area contributed by atoms with E-state index in [2.05, 4.69) is 0 Å². The first-order valence-corrected chi connectivity index (χ1v) is 11.0. The van der Waals surface area contributed by atoms with Crippen LogP contribution in [0.2, 0.25) is 10.0 Å². The van der Waals surface area contributed by atoms with Crippen LogP contribution in [0.4, 0.5) is 0 Å². The third kappa shape index (κ3) is 3.93. The van der Waals surface area contributed by atoms with Gasteiger partial charge in [-0.25, -0.2) is 8.42 Å². The van der Waals surface area contributed by atoms with Crippen molar-refractivity contribution in [1.29, 1.82) is 0 Å². The Morgan fingerprint density at radius 2 is 1.92 bits per heavy atom. The predicted molar refractivity (Wildman–Crippen MR) is 103 cm³/mol. The highest BCUT2D eigenvalue weighted by Gasteiger charge is 2.37. The molecule has 0 radical (unpaired) electrons. The average Bonchev–Trinajstić information content (AvgIpc) is 3.06. The first-order valence-electron chi connectivity index (χ1n) is 7.74. The Morgan fingerprint density at radius 1 is 1.20 bits per heavy atom. The third-order valence-corrected chi connectivity index (χ3v) is 7.64. The standard InChI is InChI=1S/C17H17Cl2NO3S2/c1-2-23-13-4-6-14(7-5-13)25(21,22)20-9-10-24-17(20)15-8-3-12(18)11-16(15)19/h3-8,11,17H,2,9-10H2,1H3. The van der Waals surface area contributed by atoms with Gasteiger partial charge in [-0.15, -0.1) is 11.8 Å². The summed E-state index contributed by atoms with van der Waals surface area (Å²) < 4.78 is 33.0. The normalized spacial score (nSPS) is 18.4. The molecular formula is C17H17Cl2NO3S2. The maximum atomic E-state index is 13.1. The highest BCUT2D eigenvalue weighted by atomic mass is 35.5. The number of hydrogen-bond acceptors (Lipinski definition) is 4. The van der Waals surface area contributed by atoms with E-state index in [0.717, 1.165) is 5.56 Å². The number of ether oxygens (including phenoxy) is 1. The van der Waals surface area contributed by atoms with E-state index in [1.165, 1.54) is 4.31 Å². The molecule has 0 aliphatic carbocycles. The van der Waals surface area contributed by atoms with E-state index in [4.69, 9.17) is 27.9 Å². The second-order valence-corrected chi connectivity index (χ2v) is 9.33. The van der Waals surface area contributed by atoms with Crippen molar-refractivity contribution in [2.24, 2.45) is 0 Å². The molecule has 2 aromatic rings. The Bertz CT molecular complexity index is 857. The van der Waals surface area contributed by atoms with Gasteiger partial charge in [-0.2, -0.15) is 4.31 Å². The van der Waals surface area contributed by atoms with Crippen molar-refractivity contribution in [3.63, 3.8) is 0 Å². The van der Waals surface area contributed by atoms with Crippen LogP contribution in [0.15, 0.2) is 47.4 Å². The predicted octanol–water partition coefficient (Wildman–Crippen LogP) is 4.83. The molecular weight excluding hydrogens is 401 g/mol. The van der Waals surface area contributed by atoms with Gasteiger partial charge in [0.2, 0.25) is 10.0 Å². The van der Waals surface area contributed by atoms with Gasteiger partial charge in [0.1, 0.15) is 5.75 Å². The van der Waals surface area contributed by atoms with E-state index in [9.17, 15) is 8.42 Å². The Balaban J connectivity index is 1.92. The van der Waals surface area contributed by atoms with Gasteiger partial charge >= 0.3 is 0 Å². The largest absolute Gasteiger partial charge is 0.494 e. The van der Waals surface area contributed by atoms with Crippen LogP contribution < -0.4 is 4.74 Å². The summed E-state index contributed by atoms with van der Waals surface area (Å²) >= 11 is 13.8. The molecule has 1 saturated heterocycles. The van der Waals surface area contributed by atoms with Crippen LogP contribution in [-0.4, -0.2) is 31.6 Å². The fourth-order valence-electron chi connectivity index (χ4n) is 2.66. The zero-order chi connectivity index (χ0) is 18.0. The second-order valence-electron chi connectivity index (χ2n) is 5.41. The van der Waals surface area contributed by atoms with Gasteiger partial charge in [0.15, 0.2) is 0 Å². The molecule has 1 fully saturated rings. The summed E-state index contributed by atoms with van der Waals surface area (Å²) in [4.78, 5) is 0.244. The number of nitrogens with zero attached hydrogens (tertiary/aromatic N) is 1. The minimum absolute atomic E-state index is 0.244. The highest BCUT2D eigenvalue weighted by Crippen LogP contribution is 2.44. The topological polar surface area (TPSA) is 46.6 Å². The monoisotopic (exact) mass is 417 g/mol. The van der Waals surface area contributed by atoms with Gasteiger partial charge in [-0.05, 0) is 48.9 Å². The minimum Gasteiger partial charge on any atom is -0.494 e. The van der Waals surface area contributed by atoms with Crippen LogP contribution >= 0.6 is 35.0 Å². The van der Waals surface area contributed by atoms with E-state index >= 15 is 0 Å². The van der Waals surface area contributed by atoms with E-state index < -0.39 is 10.0 Å².